The van der Waals surface area contributed by atoms with Gasteiger partial charge in [0.05, 0.1) is 11.1 Å². The van der Waals surface area contributed by atoms with Crippen LogP contribution in [0.25, 0.3) is 10.9 Å². The van der Waals surface area contributed by atoms with Gasteiger partial charge >= 0.3 is 5.97 Å². The summed E-state index contributed by atoms with van der Waals surface area (Å²) in [6.07, 6.45) is 3.38. The number of pyridine rings is 1. The van der Waals surface area contributed by atoms with Crippen LogP contribution in [0.1, 0.15) is 10.4 Å². The van der Waals surface area contributed by atoms with Crippen LogP contribution in [0.15, 0.2) is 48.8 Å². The molecule has 0 atom stereocenters. The molecule has 0 bridgehead atoms. The summed E-state index contributed by atoms with van der Waals surface area (Å²) in [5, 5.41) is 1.16. The summed E-state index contributed by atoms with van der Waals surface area (Å²) in [6, 6.07) is 10.2. The predicted octanol–water partition coefficient (Wildman–Crippen LogP) is 2.18. The van der Waals surface area contributed by atoms with Gasteiger partial charge in [-0.25, -0.2) is 19.7 Å². The Labute approximate surface area is 172 Å². The molecule has 0 spiro atoms. The third-order valence-corrected chi connectivity index (χ3v) is 4.90. The first-order valence-corrected chi connectivity index (χ1v) is 9.51. The molecule has 2 aromatic heterocycles. The number of benzene rings is 1. The molecule has 3 aromatic rings. The topological polar surface area (TPSA) is 88.5 Å². The van der Waals surface area contributed by atoms with Crippen LogP contribution in [-0.2, 0) is 9.53 Å². The quantitative estimate of drug-likeness (QED) is 0.480. The number of piperazine rings is 1. The molecule has 148 valence electrons. The van der Waals surface area contributed by atoms with Crippen molar-refractivity contribution >= 4 is 40.3 Å². The maximum Gasteiger partial charge on any atom is 0.338 e. The van der Waals surface area contributed by atoms with Crippen LogP contribution in [0.4, 0.5) is 5.95 Å². The Morgan fingerprint density at radius 3 is 2.55 bits per heavy atom. The molecule has 1 amide bonds. The van der Waals surface area contributed by atoms with Crippen molar-refractivity contribution in [2.45, 2.75) is 0 Å². The lowest BCUT2D eigenvalue weighted by Crippen LogP contribution is -2.50. The molecule has 8 nitrogen and oxygen atoms in total. The highest BCUT2D eigenvalue weighted by molar-refractivity contribution is 6.29. The van der Waals surface area contributed by atoms with E-state index >= 15 is 0 Å². The first-order chi connectivity index (χ1) is 14.1. The van der Waals surface area contributed by atoms with Gasteiger partial charge in [0, 0.05) is 44.0 Å². The van der Waals surface area contributed by atoms with Crippen LogP contribution >= 0.6 is 11.6 Å². The fraction of sp³-hybridized carbons (Fsp3) is 0.250. The molecule has 3 heterocycles. The Balaban J connectivity index is 1.30. The number of amides is 1. The number of anilines is 1. The largest absolute Gasteiger partial charge is 0.452 e. The summed E-state index contributed by atoms with van der Waals surface area (Å²) < 4.78 is 5.21. The van der Waals surface area contributed by atoms with Gasteiger partial charge in [-0.3, -0.25) is 4.79 Å². The van der Waals surface area contributed by atoms with Crippen molar-refractivity contribution in [3.8, 4) is 0 Å². The van der Waals surface area contributed by atoms with Gasteiger partial charge in [-0.2, -0.15) is 0 Å². The van der Waals surface area contributed by atoms with E-state index in [0.717, 1.165) is 5.39 Å². The Hall–Kier alpha value is -3.26. The monoisotopic (exact) mass is 411 g/mol. The van der Waals surface area contributed by atoms with Crippen LogP contribution in [-0.4, -0.2) is 64.5 Å². The lowest BCUT2D eigenvalue weighted by atomic mass is 10.1. The number of esters is 1. The Morgan fingerprint density at radius 2 is 1.79 bits per heavy atom. The second kappa shape index (κ2) is 8.40. The Bertz CT molecular complexity index is 1040. The Morgan fingerprint density at radius 1 is 1.03 bits per heavy atom. The molecule has 1 aliphatic heterocycles. The fourth-order valence-electron chi connectivity index (χ4n) is 3.14. The number of rotatable bonds is 4. The van der Waals surface area contributed by atoms with E-state index in [1.807, 2.05) is 4.90 Å². The first-order valence-electron chi connectivity index (χ1n) is 9.13. The lowest BCUT2D eigenvalue weighted by molar-refractivity contribution is -0.134. The number of hydrogen-bond acceptors (Lipinski definition) is 7. The van der Waals surface area contributed by atoms with Crippen molar-refractivity contribution in [3.63, 3.8) is 0 Å². The third-order valence-electron chi connectivity index (χ3n) is 4.69. The van der Waals surface area contributed by atoms with Gasteiger partial charge in [0.1, 0.15) is 5.15 Å². The molecule has 0 N–H and O–H groups in total. The average Bonchev–Trinajstić information content (AvgIpc) is 2.77. The smallest absolute Gasteiger partial charge is 0.338 e. The second-order valence-corrected chi connectivity index (χ2v) is 6.92. The van der Waals surface area contributed by atoms with Crippen molar-refractivity contribution in [2.24, 2.45) is 0 Å². The number of carbonyl (C=O) groups excluding carboxylic acids is 2. The maximum atomic E-state index is 12.4. The highest BCUT2D eigenvalue weighted by Crippen LogP contribution is 2.18. The highest BCUT2D eigenvalue weighted by Gasteiger charge is 2.23. The summed E-state index contributed by atoms with van der Waals surface area (Å²) in [5.74, 6) is -0.120. The number of carbonyl (C=O) groups is 2. The van der Waals surface area contributed by atoms with Crippen molar-refractivity contribution < 1.29 is 14.3 Å². The van der Waals surface area contributed by atoms with Crippen molar-refractivity contribution in [1.82, 2.24) is 19.9 Å². The number of ether oxygens (including phenoxy) is 1. The fourth-order valence-corrected chi connectivity index (χ4v) is 3.29. The van der Waals surface area contributed by atoms with E-state index in [1.54, 1.807) is 53.7 Å². The summed E-state index contributed by atoms with van der Waals surface area (Å²) >= 11 is 5.87. The summed E-state index contributed by atoms with van der Waals surface area (Å²) in [7, 11) is 0. The molecule has 4 rings (SSSR count). The zero-order valence-electron chi connectivity index (χ0n) is 15.5. The summed E-state index contributed by atoms with van der Waals surface area (Å²) in [5.41, 5.74) is 1.05. The van der Waals surface area contributed by atoms with Crippen molar-refractivity contribution in [1.29, 1.82) is 0 Å². The van der Waals surface area contributed by atoms with Gasteiger partial charge in [0.15, 0.2) is 6.61 Å². The number of hydrogen-bond donors (Lipinski definition) is 0. The minimum Gasteiger partial charge on any atom is -0.452 e. The number of fused-ring (bicyclic) bond motifs is 1. The third kappa shape index (κ3) is 4.43. The van der Waals surface area contributed by atoms with Gasteiger partial charge in [0.25, 0.3) is 5.91 Å². The molecule has 29 heavy (non-hydrogen) atoms. The van der Waals surface area contributed by atoms with Crippen LogP contribution < -0.4 is 4.90 Å². The van der Waals surface area contributed by atoms with Crippen LogP contribution in [0.3, 0.4) is 0 Å². The van der Waals surface area contributed by atoms with Crippen molar-refractivity contribution in [2.75, 3.05) is 37.7 Å². The van der Waals surface area contributed by atoms with Gasteiger partial charge in [-0.15, -0.1) is 0 Å². The molecule has 1 fully saturated rings. The molecular formula is C20H18ClN5O3. The Kier molecular flexibility index (Phi) is 5.53. The molecule has 0 radical (unpaired) electrons. The zero-order valence-corrected chi connectivity index (χ0v) is 16.2. The SMILES string of the molecule is O=C(OCC(=O)N1CCN(c2ncccn2)CC1)c1ccc2nc(Cl)ccc2c1. The minimum absolute atomic E-state index is 0.221. The molecule has 0 unspecified atom stereocenters. The first kappa shape index (κ1) is 19.1. The van der Waals surface area contributed by atoms with Gasteiger partial charge < -0.3 is 14.5 Å². The summed E-state index contributed by atoms with van der Waals surface area (Å²) in [6.45, 7) is 2.01. The average molecular weight is 412 g/mol. The normalized spacial score (nSPS) is 14.1. The van der Waals surface area contributed by atoms with Crippen LogP contribution in [0.5, 0.6) is 0 Å². The maximum absolute atomic E-state index is 12.4. The van der Waals surface area contributed by atoms with E-state index in [1.165, 1.54) is 0 Å². The summed E-state index contributed by atoms with van der Waals surface area (Å²) in [4.78, 5) is 41.0. The second-order valence-electron chi connectivity index (χ2n) is 6.53. The van der Waals surface area contributed by atoms with Crippen LogP contribution in [0, 0.1) is 0 Å². The number of aromatic nitrogens is 3. The molecule has 1 aliphatic rings. The van der Waals surface area contributed by atoms with E-state index in [2.05, 4.69) is 15.0 Å². The van der Waals surface area contributed by atoms with E-state index in [-0.39, 0.29) is 12.5 Å². The number of halogens is 1. The molecular weight excluding hydrogens is 394 g/mol. The van der Waals surface area contributed by atoms with E-state index < -0.39 is 5.97 Å². The van der Waals surface area contributed by atoms with Crippen molar-refractivity contribution in [3.05, 3.63) is 59.5 Å². The van der Waals surface area contributed by atoms with E-state index in [9.17, 15) is 9.59 Å². The van der Waals surface area contributed by atoms with Gasteiger partial charge in [0.2, 0.25) is 5.95 Å². The molecule has 9 heteroatoms. The van der Waals surface area contributed by atoms with E-state index in [0.29, 0.717) is 48.4 Å². The molecule has 0 saturated carbocycles. The molecule has 1 aromatic carbocycles. The van der Waals surface area contributed by atoms with E-state index in [4.69, 9.17) is 16.3 Å². The zero-order chi connectivity index (χ0) is 20.2. The molecule has 1 saturated heterocycles. The predicted molar refractivity (Wildman–Crippen MR) is 108 cm³/mol. The standard InChI is InChI=1S/C20H18ClN5O3/c21-17-5-3-14-12-15(2-4-16(14)24-17)19(28)29-13-18(27)25-8-10-26(11-9-25)20-22-6-1-7-23-20/h1-7,12H,8-11,13H2. The van der Waals surface area contributed by atoms with Gasteiger partial charge in [-0.05, 0) is 36.4 Å². The van der Waals surface area contributed by atoms with Crippen LogP contribution in [0.2, 0.25) is 5.15 Å². The highest BCUT2D eigenvalue weighted by atomic mass is 35.5. The minimum atomic E-state index is -0.550. The lowest BCUT2D eigenvalue weighted by Gasteiger charge is -2.34. The van der Waals surface area contributed by atoms with Gasteiger partial charge in [-0.1, -0.05) is 11.6 Å². The molecule has 0 aliphatic carbocycles. The number of nitrogens with zero attached hydrogens (tertiary/aromatic N) is 5.